The molecule has 0 aromatic carbocycles. The first-order valence-corrected chi connectivity index (χ1v) is 5.80. The molecule has 0 bridgehead atoms. The molecule has 3 nitrogen and oxygen atoms in total. The molecule has 2 atom stereocenters. The molecule has 1 amide bonds. The molecule has 0 radical (unpaired) electrons. The van der Waals surface area contributed by atoms with Gasteiger partial charge in [-0.1, -0.05) is 6.92 Å². The first-order chi connectivity index (χ1) is 7.72. The Morgan fingerprint density at radius 2 is 2.00 bits per heavy atom. The normalized spacial score (nSPS) is 25.4. The fourth-order valence-electron chi connectivity index (χ4n) is 2.06. The quantitative estimate of drug-likeness (QED) is 0.828. The van der Waals surface area contributed by atoms with E-state index in [0.717, 1.165) is 4.90 Å². The van der Waals surface area contributed by atoms with Gasteiger partial charge in [0, 0.05) is 12.6 Å². The molecule has 1 aliphatic rings. The number of carbonyl (C=O) groups excluding carboxylic acids is 1. The lowest BCUT2D eigenvalue weighted by Crippen LogP contribution is -2.47. The Balaban J connectivity index is 2.73. The summed E-state index contributed by atoms with van der Waals surface area (Å²) in [5, 5.41) is 3.03. The highest BCUT2D eigenvalue weighted by atomic mass is 19.4. The molecule has 1 rings (SSSR count). The van der Waals surface area contributed by atoms with Crippen molar-refractivity contribution >= 4 is 5.91 Å². The van der Waals surface area contributed by atoms with Gasteiger partial charge >= 0.3 is 6.18 Å². The summed E-state index contributed by atoms with van der Waals surface area (Å²) in [6.07, 6.45) is -4.34. The average molecular weight is 252 g/mol. The number of rotatable bonds is 3. The molecule has 100 valence electrons. The number of nitrogens with one attached hydrogen (secondary N) is 1. The van der Waals surface area contributed by atoms with Crippen molar-refractivity contribution in [2.24, 2.45) is 11.8 Å². The highest BCUT2D eigenvalue weighted by Crippen LogP contribution is 2.23. The zero-order chi connectivity index (χ0) is 13.2. The Kier molecular flexibility index (Phi) is 4.41. The van der Waals surface area contributed by atoms with E-state index in [1.807, 2.05) is 6.92 Å². The summed E-state index contributed by atoms with van der Waals surface area (Å²) < 4.78 is 37.2. The van der Waals surface area contributed by atoms with Gasteiger partial charge in [0.2, 0.25) is 5.91 Å². The van der Waals surface area contributed by atoms with Crippen molar-refractivity contribution in [2.75, 3.05) is 19.6 Å². The lowest BCUT2D eigenvalue weighted by Gasteiger charge is -2.31. The third-order valence-corrected chi connectivity index (χ3v) is 3.09. The van der Waals surface area contributed by atoms with Crippen molar-refractivity contribution in [1.29, 1.82) is 0 Å². The molecule has 6 heteroatoms. The van der Waals surface area contributed by atoms with Crippen LogP contribution in [0.3, 0.4) is 0 Å². The van der Waals surface area contributed by atoms with Crippen LogP contribution in [-0.2, 0) is 4.79 Å². The Labute approximate surface area is 99.4 Å². The summed E-state index contributed by atoms with van der Waals surface area (Å²) in [6.45, 7) is 5.10. The van der Waals surface area contributed by atoms with Gasteiger partial charge < -0.3 is 10.2 Å². The Hall–Kier alpha value is -0.780. The molecule has 17 heavy (non-hydrogen) atoms. The number of halogens is 3. The fraction of sp³-hybridized carbons (Fsp3) is 0.909. The number of amides is 1. The van der Waals surface area contributed by atoms with E-state index < -0.39 is 24.7 Å². The number of carbonyl (C=O) groups is 1. The van der Waals surface area contributed by atoms with Gasteiger partial charge in [-0.25, -0.2) is 0 Å². The number of hydrogen-bond acceptors (Lipinski definition) is 2. The van der Waals surface area contributed by atoms with E-state index in [-0.39, 0.29) is 11.8 Å². The Bertz CT molecular complexity index is 278. The third-order valence-electron chi connectivity index (χ3n) is 3.09. The standard InChI is InChI=1S/C11H19F3N2O/c1-7(2)16(6-11(12,13)14)10(17)9-5-15-4-8(9)3/h7-9,15H,4-6H2,1-3H3. The second-order valence-corrected chi connectivity index (χ2v) is 4.92. The van der Waals surface area contributed by atoms with Gasteiger partial charge in [-0.15, -0.1) is 0 Å². The summed E-state index contributed by atoms with van der Waals surface area (Å²) in [4.78, 5) is 13.0. The SMILES string of the molecule is CC1CNCC1C(=O)N(CC(F)(F)F)C(C)C. The molecule has 1 N–H and O–H groups in total. The zero-order valence-corrected chi connectivity index (χ0v) is 10.3. The van der Waals surface area contributed by atoms with Gasteiger partial charge in [-0.2, -0.15) is 13.2 Å². The van der Waals surface area contributed by atoms with Gasteiger partial charge in [0.1, 0.15) is 6.54 Å². The fourth-order valence-corrected chi connectivity index (χ4v) is 2.06. The Morgan fingerprint density at radius 1 is 1.41 bits per heavy atom. The van der Waals surface area contributed by atoms with E-state index in [1.54, 1.807) is 13.8 Å². The van der Waals surface area contributed by atoms with Gasteiger partial charge in [-0.05, 0) is 26.3 Å². The monoisotopic (exact) mass is 252 g/mol. The minimum absolute atomic E-state index is 0.0944. The van der Waals surface area contributed by atoms with Crippen LogP contribution in [0.15, 0.2) is 0 Å². The summed E-state index contributed by atoms with van der Waals surface area (Å²) in [5.41, 5.74) is 0. The van der Waals surface area contributed by atoms with Gasteiger partial charge in [0.15, 0.2) is 0 Å². The molecular weight excluding hydrogens is 233 g/mol. The molecular formula is C11H19F3N2O. The molecule has 1 heterocycles. The van der Waals surface area contributed by atoms with Gasteiger partial charge in [0.05, 0.1) is 5.92 Å². The smallest absolute Gasteiger partial charge is 0.331 e. The first kappa shape index (κ1) is 14.3. The highest BCUT2D eigenvalue weighted by molar-refractivity contribution is 5.80. The van der Waals surface area contributed by atoms with E-state index in [0.29, 0.717) is 13.1 Å². The lowest BCUT2D eigenvalue weighted by atomic mass is 9.96. The summed E-state index contributed by atoms with van der Waals surface area (Å²) in [7, 11) is 0. The minimum atomic E-state index is -4.34. The van der Waals surface area contributed by atoms with Crippen molar-refractivity contribution in [3.05, 3.63) is 0 Å². The lowest BCUT2D eigenvalue weighted by molar-refractivity contribution is -0.167. The number of nitrogens with zero attached hydrogens (tertiary/aromatic N) is 1. The van der Waals surface area contributed by atoms with Gasteiger partial charge in [0.25, 0.3) is 0 Å². The maximum absolute atomic E-state index is 12.4. The van der Waals surface area contributed by atoms with Crippen molar-refractivity contribution in [3.8, 4) is 0 Å². The highest BCUT2D eigenvalue weighted by Gasteiger charge is 2.39. The van der Waals surface area contributed by atoms with Crippen LogP contribution in [0.4, 0.5) is 13.2 Å². The van der Waals surface area contributed by atoms with Crippen LogP contribution in [0.25, 0.3) is 0 Å². The van der Waals surface area contributed by atoms with Crippen molar-refractivity contribution in [3.63, 3.8) is 0 Å². The average Bonchev–Trinajstić information content (AvgIpc) is 2.58. The molecule has 0 aromatic rings. The van der Waals surface area contributed by atoms with E-state index in [2.05, 4.69) is 5.32 Å². The maximum Gasteiger partial charge on any atom is 0.406 e. The predicted molar refractivity (Wildman–Crippen MR) is 58.4 cm³/mol. The molecule has 0 aliphatic carbocycles. The number of hydrogen-bond donors (Lipinski definition) is 1. The van der Waals surface area contributed by atoms with Crippen LogP contribution in [0.1, 0.15) is 20.8 Å². The minimum Gasteiger partial charge on any atom is -0.331 e. The van der Waals surface area contributed by atoms with Crippen molar-refractivity contribution in [2.45, 2.75) is 33.0 Å². The molecule has 0 aromatic heterocycles. The molecule has 1 fully saturated rings. The molecule has 0 spiro atoms. The molecule has 2 unspecified atom stereocenters. The topological polar surface area (TPSA) is 32.3 Å². The van der Waals surface area contributed by atoms with Crippen LogP contribution in [0.5, 0.6) is 0 Å². The number of alkyl halides is 3. The van der Waals surface area contributed by atoms with Gasteiger partial charge in [-0.3, -0.25) is 4.79 Å². The second kappa shape index (κ2) is 5.25. The van der Waals surface area contributed by atoms with E-state index in [1.165, 1.54) is 0 Å². The van der Waals surface area contributed by atoms with Crippen LogP contribution in [0.2, 0.25) is 0 Å². The van der Waals surface area contributed by atoms with Crippen LogP contribution < -0.4 is 5.32 Å². The summed E-state index contributed by atoms with van der Waals surface area (Å²) in [5.74, 6) is -0.633. The van der Waals surface area contributed by atoms with Crippen molar-refractivity contribution in [1.82, 2.24) is 10.2 Å². The first-order valence-electron chi connectivity index (χ1n) is 5.80. The van der Waals surface area contributed by atoms with Crippen LogP contribution in [-0.4, -0.2) is 42.7 Å². The summed E-state index contributed by atoms with van der Waals surface area (Å²) >= 11 is 0. The maximum atomic E-state index is 12.4. The Morgan fingerprint density at radius 3 is 2.35 bits per heavy atom. The predicted octanol–water partition coefficient (Wildman–Crippen LogP) is 1.64. The van der Waals surface area contributed by atoms with Crippen molar-refractivity contribution < 1.29 is 18.0 Å². The largest absolute Gasteiger partial charge is 0.406 e. The zero-order valence-electron chi connectivity index (χ0n) is 10.3. The van der Waals surface area contributed by atoms with Crippen LogP contribution >= 0.6 is 0 Å². The molecule has 1 aliphatic heterocycles. The second-order valence-electron chi connectivity index (χ2n) is 4.92. The summed E-state index contributed by atoms with van der Waals surface area (Å²) in [6, 6.07) is -0.433. The van der Waals surface area contributed by atoms with E-state index in [9.17, 15) is 18.0 Å². The van der Waals surface area contributed by atoms with E-state index in [4.69, 9.17) is 0 Å². The van der Waals surface area contributed by atoms with Crippen LogP contribution in [0, 0.1) is 11.8 Å². The molecule has 0 saturated carbocycles. The van der Waals surface area contributed by atoms with E-state index >= 15 is 0 Å². The third kappa shape index (κ3) is 3.87. The molecule has 1 saturated heterocycles.